The zero-order valence-corrected chi connectivity index (χ0v) is 9.23. The summed E-state index contributed by atoms with van der Waals surface area (Å²) < 4.78 is 37.3. The standard InChI is InChI=1S/C9H14F2O3S/c1-6-3-2-4-7(5-6)15(14)9(10,11)8(12)13/h6-7H,2-5H2,1H3,(H,12,13). The maximum atomic E-state index is 13.0. The van der Waals surface area contributed by atoms with E-state index in [9.17, 15) is 17.8 Å². The summed E-state index contributed by atoms with van der Waals surface area (Å²) in [6.07, 6.45) is 2.54. The van der Waals surface area contributed by atoms with Crippen LogP contribution < -0.4 is 0 Å². The monoisotopic (exact) mass is 240 g/mol. The van der Waals surface area contributed by atoms with Crippen LogP contribution in [0.25, 0.3) is 0 Å². The van der Waals surface area contributed by atoms with Crippen molar-refractivity contribution in [1.29, 1.82) is 0 Å². The Labute approximate surface area is 89.3 Å². The SMILES string of the molecule is CC1CCCC(S(=O)C(F)(F)C(=O)O)C1. The van der Waals surface area contributed by atoms with E-state index in [0.29, 0.717) is 12.8 Å². The molecule has 1 N–H and O–H groups in total. The molecule has 0 bridgehead atoms. The molecular weight excluding hydrogens is 226 g/mol. The van der Waals surface area contributed by atoms with Crippen molar-refractivity contribution in [1.82, 2.24) is 0 Å². The number of rotatable bonds is 3. The molecule has 3 nitrogen and oxygen atoms in total. The molecule has 0 aliphatic heterocycles. The first kappa shape index (κ1) is 12.5. The fraction of sp³-hybridized carbons (Fsp3) is 0.889. The summed E-state index contributed by atoms with van der Waals surface area (Å²) in [5.74, 6) is -2.05. The first-order valence-corrected chi connectivity index (χ1v) is 6.09. The summed E-state index contributed by atoms with van der Waals surface area (Å²) >= 11 is 0. The van der Waals surface area contributed by atoms with Crippen molar-refractivity contribution in [2.75, 3.05) is 0 Å². The Kier molecular flexibility index (Phi) is 3.81. The van der Waals surface area contributed by atoms with E-state index in [0.717, 1.165) is 12.8 Å². The molecule has 1 aliphatic rings. The van der Waals surface area contributed by atoms with Crippen LogP contribution in [0.4, 0.5) is 8.78 Å². The van der Waals surface area contributed by atoms with E-state index in [-0.39, 0.29) is 5.92 Å². The van der Waals surface area contributed by atoms with Gasteiger partial charge in [0.05, 0.1) is 0 Å². The Hall–Kier alpha value is -0.520. The third-order valence-electron chi connectivity index (χ3n) is 2.69. The van der Waals surface area contributed by atoms with Crippen LogP contribution in [0.5, 0.6) is 0 Å². The average molecular weight is 240 g/mol. The van der Waals surface area contributed by atoms with Crippen molar-refractivity contribution >= 4 is 16.8 Å². The molecule has 3 atom stereocenters. The predicted octanol–water partition coefficient (Wildman–Crippen LogP) is 1.99. The van der Waals surface area contributed by atoms with Crippen LogP contribution in [0.3, 0.4) is 0 Å². The highest BCUT2D eigenvalue weighted by atomic mass is 32.2. The van der Waals surface area contributed by atoms with Gasteiger partial charge in [0.1, 0.15) is 10.8 Å². The Morgan fingerprint density at radius 3 is 2.53 bits per heavy atom. The van der Waals surface area contributed by atoms with Gasteiger partial charge in [-0.25, -0.2) is 4.79 Å². The van der Waals surface area contributed by atoms with Crippen LogP contribution in [-0.4, -0.2) is 25.8 Å². The largest absolute Gasteiger partial charge is 0.476 e. The Morgan fingerprint density at radius 1 is 1.47 bits per heavy atom. The fourth-order valence-corrected chi connectivity index (χ4v) is 3.34. The second kappa shape index (κ2) is 4.55. The summed E-state index contributed by atoms with van der Waals surface area (Å²) in [6, 6.07) is 0. The highest BCUT2D eigenvalue weighted by Crippen LogP contribution is 2.33. The van der Waals surface area contributed by atoms with E-state index in [1.165, 1.54) is 0 Å². The molecule has 0 amide bonds. The van der Waals surface area contributed by atoms with E-state index in [1.54, 1.807) is 0 Å². The predicted molar refractivity (Wildman–Crippen MR) is 52.1 cm³/mol. The summed E-state index contributed by atoms with van der Waals surface area (Å²) in [6.45, 7) is 1.91. The van der Waals surface area contributed by atoms with Gasteiger partial charge in [-0.05, 0) is 18.8 Å². The van der Waals surface area contributed by atoms with Crippen LogP contribution in [0.2, 0.25) is 0 Å². The van der Waals surface area contributed by atoms with Crippen LogP contribution in [0.15, 0.2) is 0 Å². The maximum Gasteiger partial charge on any atom is 0.415 e. The topological polar surface area (TPSA) is 54.4 Å². The van der Waals surface area contributed by atoms with Crippen molar-refractivity contribution in [2.45, 2.75) is 43.1 Å². The lowest BCUT2D eigenvalue weighted by Gasteiger charge is -2.27. The van der Waals surface area contributed by atoms with Crippen LogP contribution in [0, 0.1) is 5.92 Å². The van der Waals surface area contributed by atoms with Gasteiger partial charge in [0.15, 0.2) is 0 Å². The van der Waals surface area contributed by atoms with Gasteiger partial charge < -0.3 is 5.11 Å². The number of alkyl halides is 2. The van der Waals surface area contributed by atoms with Gasteiger partial charge >= 0.3 is 11.2 Å². The number of carboxylic acids is 1. The van der Waals surface area contributed by atoms with Gasteiger partial charge in [-0.1, -0.05) is 19.8 Å². The van der Waals surface area contributed by atoms with Crippen molar-refractivity contribution in [3.05, 3.63) is 0 Å². The van der Waals surface area contributed by atoms with Crippen LogP contribution in [-0.2, 0) is 15.6 Å². The molecule has 88 valence electrons. The third-order valence-corrected chi connectivity index (χ3v) is 4.41. The fourth-order valence-electron chi connectivity index (χ4n) is 1.87. The maximum absolute atomic E-state index is 13.0. The zero-order valence-electron chi connectivity index (χ0n) is 8.41. The zero-order chi connectivity index (χ0) is 11.6. The number of hydrogen-bond acceptors (Lipinski definition) is 2. The molecule has 1 aliphatic carbocycles. The highest BCUT2D eigenvalue weighted by Gasteiger charge is 2.49. The molecule has 6 heteroatoms. The molecular formula is C9H14F2O3S. The lowest BCUT2D eigenvalue weighted by atomic mass is 9.91. The molecule has 3 unspecified atom stereocenters. The van der Waals surface area contributed by atoms with Gasteiger partial charge in [0, 0.05) is 5.25 Å². The molecule has 1 rings (SSSR count). The lowest BCUT2D eigenvalue weighted by molar-refractivity contribution is -0.153. The Morgan fingerprint density at radius 2 is 2.07 bits per heavy atom. The van der Waals surface area contributed by atoms with Gasteiger partial charge in [-0.2, -0.15) is 8.78 Å². The van der Waals surface area contributed by atoms with Gasteiger partial charge in [-0.15, -0.1) is 0 Å². The minimum absolute atomic E-state index is 0.247. The van der Waals surface area contributed by atoms with E-state index >= 15 is 0 Å². The van der Waals surface area contributed by atoms with Crippen LogP contribution in [0.1, 0.15) is 32.6 Å². The molecule has 0 aromatic carbocycles. The first-order chi connectivity index (χ1) is 6.85. The summed E-state index contributed by atoms with van der Waals surface area (Å²) in [5.41, 5.74) is 0. The smallest absolute Gasteiger partial charge is 0.415 e. The molecule has 0 radical (unpaired) electrons. The van der Waals surface area contributed by atoms with Gasteiger partial charge in [0.25, 0.3) is 0 Å². The quantitative estimate of drug-likeness (QED) is 0.820. The molecule has 0 spiro atoms. The minimum atomic E-state index is -4.11. The van der Waals surface area contributed by atoms with E-state index in [4.69, 9.17) is 5.11 Å². The van der Waals surface area contributed by atoms with Gasteiger partial charge in [0.2, 0.25) is 0 Å². The average Bonchev–Trinajstić information content (AvgIpc) is 2.16. The molecule has 0 aromatic heterocycles. The van der Waals surface area contributed by atoms with Gasteiger partial charge in [-0.3, -0.25) is 4.21 Å². The van der Waals surface area contributed by atoms with E-state index in [1.807, 2.05) is 6.92 Å². The second-order valence-corrected chi connectivity index (χ2v) is 5.79. The molecule has 1 fully saturated rings. The summed E-state index contributed by atoms with van der Waals surface area (Å²) in [7, 11) is -2.60. The number of hydrogen-bond donors (Lipinski definition) is 1. The summed E-state index contributed by atoms with van der Waals surface area (Å²) in [5, 5.41) is 3.48. The van der Waals surface area contributed by atoms with Crippen molar-refractivity contribution in [2.24, 2.45) is 5.92 Å². The first-order valence-electron chi connectivity index (χ1n) is 4.87. The van der Waals surface area contributed by atoms with Crippen LogP contribution >= 0.6 is 0 Å². The molecule has 0 saturated heterocycles. The minimum Gasteiger partial charge on any atom is -0.476 e. The molecule has 0 aromatic rings. The van der Waals surface area contributed by atoms with Crippen molar-refractivity contribution in [3.8, 4) is 0 Å². The Balaban J connectivity index is 2.71. The molecule has 1 saturated carbocycles. The Bertz CT molecular complexity index is 281. The van der Waals surface area contributed by atoms with Crippen molar-refractivity contribution in [3.63, 3.8) is 0 Å². The molecule has 0 heterocycles. The summed E-state index contributed by atoms with van der Waals surface area (Å²) in [4.78, 5) is 10.2. The lowest BCUT2D eigenvalue weighted by Crippen LogP contribution is -2.40. The second-order valence-electron chi connectivity index (χ2n) is 4.01. The highest BCUT2D eigenvalue weighted by molar-refractivity contribution is 7.87. The third kappa shape index (κ3) is 2.74. The van der Waals surface area contributed by atoms with E-state index in [2.05, 4.69) is 0 Å². The van der Waals surface area contributed by atoms with E-state index < -0.39 is 27.3 Å². The number of carbonyl (C=O) groups is 1. The number of aliphatic carboxylic acids is 1. The van der Waals surface area contributed by atoms with Crippen molar-refractivity contribution < 1.29 is 22.9 Å². The molecule has 15 heavy (non-hydrogen) atoms. The normalized spacial score (nSPS) is 29.8. The number of carboxylic acid groups (broad SMARTS) is 1. The number of halogens is 2.